The highest BCUT2D eigenvalue weighted by atomic mass is 17.0. The lowest BCUT2D eigenvalue weighted by Gasteiger charge is -2.16. The monoisotopic (exact) mass is 242 g/mol. The van der Waals surface area contributed by atoms with Crippen molar-refractivity contribution in [1.82, 2.24) is 0 Å². The molecule has 2 N–H and O–H groups in total. The molecule has 0 unspecified atom stereocenters. The predicted octanol–water partition coefficient (Wildman–Crippen LogP) is 2.48. The predicted molar refractivity (Wildman–Crippen MR) is 65.0 cm³/mol. The van der Waals surface area contributed by atoms with E-state index in [4.69, 9.17) is 10.5 Å². The van der Waals surface area contributed by atoms with Crippen LogP contribution < -0.4 is 0 Å². The van der Waals surface area contributed by atoms with Crippen molar-refractivity contribution in [2.75, 3.05) is 0 Å². The second kappa shape index (κ2) is 4.91. The molecule has 90 valence electrons. The van der Waals surface area contributed by atoms with Crippen LogP contribution in [-0.2, 0) is 0 Å². The minimum atomic E-state index is -0.0641. The van der Waals surface area contributed by atoms with Crippen molar-refractivity contribution in [1.29, 1.82) is 0 Å². The van der Waals surface area contributed by atoms with Gasteiger partial charge in [-0.3, -0.25) is 20.1 Å². The third-order valence-electron chi connectivity index (χ3n) is 2.83. The largest absolute Gasteiger partial charge is 0.289 e. The van der Waals surface area contributed by atoms with Gasteiger partial charge in [-0.25, -0.2) is 0 Å². The van der Waals surface area contributed by atoms with Crippen LogP contribution in [0.4, 0.5) is 0 Å². The van der Waals surface area contributed by atoms with E-state index in [2.05, 4.69) is 0 Å². The van der Waals surface area contributed by atoms with Gasteiger partial charge in [0.05, 0.1) is 0 Å². The first-order valence-corrected chi connectivity index (χ1v) is 5.26. The Labute approximate surface area is 103 Å². The minimum Gasteiger partial charge on any atom is -0.289 e. The van der Waals surface area contributed by atoms with Gasteiger partial charge in [-0.1, -0.05) is 48.5 Å². The first-order chi connectivity index (χ1) is 8.79. The molecule has 0 saturated carbocycles. The molecule has 0 fully saturated rings. The van der Waals surface area contributed by atoms with Gasteiger partial charge < -0.3 is 0 Å². The summed E-state index contributed by atoms with van der Waals surface area (Å²) in [6.45, 7) is 0. The van der Waals surface area contributed by atoms with E-state index in [0.29, 0.717) is 22.3 Å². The van der Waals surface area contributed by atoms with Gasteiger partial charge in [-0.15, -0.1) is 0 Å². The molecule has 3 rings (SSSR count). The van der Waals surface area contributed by atoms with Gasteiger partial charge in [-0.2, -0.15) is 0 Å². The van der Waals surface area contributed by atoms with Crippen LogP contribution in [-0.4, -0.2) is 22.1 Å². The van der Waals surface area contributed by atoms with E-state index in [1.165, 1.54) is 0 Å². The highest BCUT2D eigenvalue weighted by molar-refractivity contribution is 6.28. The zero-order chi connectivity index (χ0) is 13.1. The van der Waals surface area contributed by atoms with E-state index in [1.807, 2.05) is 0 Å². The maximum atomic E-state index is 12.1. The maximum Gasteiger partial charge on any atom is 0.194 e. The van der Waals surface area contributed by atoms with Crippen LogP contribution in [0.3, 0.4) is 0 Å². The Kier molecular flexibility index (Phi) is 3.32. The van der Waals surface area contributed by atoms with Crippen LogP contribution in [0.2, 0.25) is 0 Å². The van der Waals surface area contributed by atoms with E-state index in [9.17, 15) is 9.59 Å². The zero-order valence-corrected chi connectivity index (χ0v) is 9.33. The summed E-state index contributed by atoms with van der Waals surface area (Å²) in [6, 6.07) is 13.9. The van der Waals surface area contributed by atoms with Crippen molar-refractivity contribution in [2.24, 2.45) is 0 Å². The number of fused-ring (bicyclic) bond motifs is 2. The zero-order valence-electron chi connectivity index (χ0n) is 9.33. The van der Waals surface area contributed by atoms with Crippen LogP contribution in [0.25, 0.3) is 0 Å². The standard InChI is InChI=1S/C14H8O2.H2O2/c15-13-9-5-1-2-6-10(9)14(16)12-8-4-3-7-11(12)13;1-2/h1-8H;1-2H. The Bertz CT molecular complexity index is 511. The van der Waals surface area contributed by atoms with Crippen molar-refractivity contribution in [3.8, 4) is 0 Å². The number of carbonyl (C=O) groups is 2. The van der Waals surface area contributed by atoms with Crippen molar-refractivity contribution in [3.63, 3.8) is 0 Å². The lowest BCUT2D eigenvalue weighted by atomic mass is 9.84. The van der Waals surface area contributed by atoms with Gasteiger partial charge in [0.2, 0.25) is 0 Å². The molecule has 0 bridgehead atoms. The topological polar surface area (TPSA) is 74.6 Å². The lowest BCUT2D eigenvalue weighted by Crippen LogP contribution is -2.20. The molecule has 0 aromatic heterocycles. The molecule has 2 aromatic carbocycles. The lowest BCUT2D eigenvalue weighted by molar-refractivity contribution is -0.176. The highest BCUT2D eigenvalue weighted by Gasteiger charge is 2.28. The molecule has 4 nitrogen and oxygen atoms in total. The molecule has 4 heteroatoms. The number of carbonyl (C=O) groups excluding carboxylic acids is 2. The van der Waals surface area contributed by atoms with Gasteiger partial charge >= 0.3 is 0 Å². The van der Waals surface area contributed by atoms with Crippen LogP contribution in [0, 0.1) is 0 Å². The van der Waals surface area contributed by atoms with E-state index in [1.54, 1.807) is 48.5 Å². The second-order valence-electron chi connectivity index (χ2n) is 3.75. The Morgan fingerprint density at radius 1 is 0.556 bits per heavy atom. The first kappa shape index (κ1) is 12.2. The van der Waals surface area contributed by atoms with Gasteiger partial charge in [0, 0.05) is 22.3 Å². The average Bonchev–Trinajstić information content (AvgIpc) is 2.47. The van der Waals surface area contributed by atoms with Crippen LogP contribution >= 0.6 is 0 Å². The number of hydrogen-bond donors (Lipinski definition) is 2. The summed E-state index contributed by atoms with van der Waals surface area (Å²) >= 11 is 0. The van der Waals surface area contributed by atoms with Crippen molar-refractivity contribution in [2.45, 2.75) is 0 Å². The fraction of sp³-hybridized carbons (Fsp3) is 0. The molecule has 18 heavy (non-hydrogen) atoms. The molecule has 0 radical (unpaired) electrons. The summed E-state index contributed by atoms with van der Waals surface area (Å²) in [5, 5.41) is 12.0. The number of rotatable bonds is 0. The first-order valence-electron chi connectivity index (χ1n) is 5.26. The van der Waals surface area contributed by atoms with Crippen molar-refractivity contribution >= 4 is 11.6 Å². The quantitative estimate of drug-likeness (QED) is 0.469. The summed E-state index contributed by atoms with van der Waals surface area (Å²) < 4.78 is 0. The number of ketones is 2. The fourth-order valence-corrected chi connectivity index (χ4v) is 2.05. The van der Waals surface area contributed by atoms with Gasteiger partial charge in [0.25, 0.3) is 0 Å². The Morgan fingerprint density at radius 2 is 0.778 bits per heavy atom. The fourth-order valence-electron chi connectivity index (χ4n) is 2.05. The maximum absolute atomic E-state index is 12.1. The van der Waals surface area contributed by atoms with Crippen molar-refractivity contribution in [3.05, 3.63) is 70.8 Å². The third kappa shape index (κ3) is 1.73. The van der Waals surface area contributed by atoms with Gasteiger partial charge in [0.15, 0.2) is 11.6 Å². The van der Waals surface area contributed by atoms with Gasteiger partial charge in [0.1, 0.15) is 0 Å². The third-order valence-corrected chi connectivity index (χ3v) is 2.83. The minimum absolute atomic E-state index is 0.0641. The Balaban J connectivity index is 0.000000574. The molecule has 0 aliphatic heterocycles. The molecule has 0 saturated heterocycles. The summed E-state index contributed by atoms with van der Waals surface area (Å²) in [6.07, 6.45) is 0. The number of hydrogen-bond acceptors (Lipinski definition) is 4. The molecule has 0 heterocycles. The normalized spacial score (nSPS) is 12.1. The molecule has 2 aromatic rings. The summed E-state index contributed by atoms with van der Waals surface area (Å²) in [5.41, 5.74) is 2.02. The Hall–Kier alpha value is -2.30. The smallest absolute Gasteiger partial charge is 0.194 e. The van der Waals surface area contributed by atoms with Crippen LogP contribution in [0.15, 0.2) is 48.5 Å². The van der Waals surface area contributed by atoms with E-state index in [-0.39, 0.29) is 11.6 Å². The van der Waals surface area contributed by atoms with E-state index in [0.717, 1.165) is 0 Å². The average molecular weight is 242 g/mol. The molecular weight excluding hydrogens is 232 g/mol. The molecule has 1 aliphatic rings. The van der Waals surface area contributed by atoms with Crippen molar-refractivity contribution < 1.29 is 20.1 Å². The molecule has 0 amide bonds. The number of benzene rings is 2. The highest BCUT2D eigenvalue weighted by Crippen LogP contribution is 2.26. The molecule has 0 atom stereocenters. The Morgan fingerprint density at radius 3 is 1.00 bits per heavy atom. The van der Waals surface area contributed by atoms with Crippen LogP contribution in [0.5, 0.6) is 0 Å². The van der Waals surface area contributed by atoms with Crippen LogP contribution in [0.1, 0.15) is 31.8 Å². The SMILES string of the molecule is O=C1c2ccccc2C(=O)c2ccccc21.OO. The summed E-state index contributed by atoms with van der Waals surface area (Å²) in [7, 11) is 0. The molecule has 0 spiro atoms. The van der Waals surface area contributed by atoms with Gasteiger partial charge in [-0.05, 0) is 0 Å². The summed E-state index contributed by atoms with van der Waals surface area (Å²) in [4.78, 5) is 24.2. The summed E-state index contributed by atoms with van der Waals surface area (Å²) in [5.74, 6) is -0.128. The molecule has 1 aliphatic carbocycles. The van der Waals surface area contributed by atoms with E-state index < -0.39 is 0 Å². The second-order valence-corrected chi connectivity index (χ2v) is 3.75. The molecular formula is C14H10O4. The van der Waals surface area contributed by atoms with E-state index >= 15 is 0 Å².